The van der Waals surface area contributed by atoms with Gasteiger partial charge < -0.3 is 4.74 Å². The highest BCUT2D eigenvalue weighted by Gasteiger charge is 2.29. The number of benzene rings is 2. The van der Waals surface area contributed by atoms with Crippen molar-refractivity contribution in [3.8, 4) is 5.75 Å². The van der Waals surface area contributed by atoms with Gasteiger partial charge in [0.05, 0.1) is 17.2 Å². The molecule has 0 aliphatic carbocycles. The molecule has 1 heterocycles. The van der Waals surface area contributed by atoms with Crippen molar-refractivity contribution in [1.82, 2.24) is 10.2 Å². The Kier molecular flexibility index (Phi) is 8.48. The number of aryl methyl sites for hydroxylation is 1. The van der Waals surface area contributed by atoms with Crippen LogP contribution in [0.25, 0.3) is 0 Å². The van der Waals surface area contributed by atoms with E-state index in [0.29, 0.717) is 22.4 Å². The molecule has 33 heavy (non-hydrogen) atoms. The number of carbonyl (C=O) groups excluding carboxylic acids is 1. The van der Waals surface area contributed by atoms with Crippen LogP contribution in [0.15, 0.2) is 70.4 Å². The Balaban J connectivity index is 1.92. The van der Waals surface area contributed by atoms with Crippen molar-refractivity contribution in [1.29, 1.82) is 0 Å². The largest absolute Gasteiger partial charge is 0.492 e. The first-order chi connectivity index (χ1) is 15.8. The monoisotopic (exact) mass is 504 g/mol. The lowest BCUT2D eigenvalue weighted by Crippen LogP contribution is -2.38. The maximum Gasteiger partial charge on any atom is 0.264 e. The molecule has 0 unspecified atom stereocenters. The first-order valence-corrected chi connectivity index (χ1v) is 13.3. The Morgan fingerprint density at radius 1 is 1.21 bits per heavy atom. The number of hydrogen-bond acceptors (Lipinski definition) is 8. The number of carbonyl (C=O) groups is 1. The molecule has 1 amide bonds. The van der Waals surface area contributed by atoms with Crippen molar-refractivity contribution in [3.63, 3.8) is 0 Å². The smallest absolute Gasteiger partial charge is 0.264 e. The topological polar surface area (TPSA) is 101 Å². The predicted octanol–water partition coefficient (Wildman–Crippen LogP) is 4.36. The van der Waals surface area contributed by atoms with Crippen LogP contribution in [0.3, 0.4) is 0 Å². The Morgan fingerprint density at radius 2 is 1.94 bits per heavy atom. The van der Waals surface area contributed by atoms with Gasteiger partial charge >= 0.3 is 0 Å². The lowest BCUT2D eigenvalue weighted by molar-refractivity contribution is -0.114. The summed E-state index contributed by atoms with van der Waals surface area (Å²) in [7, 11) is -4.06. The molecule has 1 N–H and O–H groups in total. The number of hydrogen-bond donors (Lipinski definition) is 1. The molecule has 2 aromatic carbocycles. The molecule has 0 aliphatic rings. The fourth-order valence-electron chi connectivity index (χ4n) is 2.82. The van der Waals surface area contributed by atoms with Crippen LogP contribution < -0.4 is 14.4 Å². The lowest BCUT2D eigenvalue weighted by Gasteiger charge is -2.25. The highest BCUT2D eigenvalue weighted by molar-refractivity contribution is 8.01. The highest BCUT2D eigenvalue weighted by Crippen LogP contribution is 2.33. The standard InChI is InChI=1S/C22H24N4O4S3/c1-4-14-31-22-25-24-21(32-22)23-20(27)15-26(18-8-6-7-9-19(18)30-5-2)33(28,29)17-12-10-16(3)11-13-17/h4,6-13H,1,5,14-15H2,2-3H3,(H,23,24,27). The van der Waals surface area contributed by atoms with E-state index in [2.05, 4.69) is 22.1 Å². The molecule has 3 rings (SSSR count). The van der Waals surface area contributed by atoms with E-state index >= 15 is 0 Å². The van der Waals surface area contributed by atoms with Crippen molar-refractivity contribution in [2.45, 2.75) is 23.1 Å². The normalized spacial score (nSPS) is 11.1. The average molecular weight is 505 g/mol. The summed E-state index contributed by atoms with van der Waals surface area (Å²) in [4.78, 5) is 13.0. The number of amides is 1. The van der Waals surface area contributed by atoms with Crippen molar-refractivity contribution < 1.29 is 17.9 Å². The fraction of sp³-hybridized carbons (Fsp3) is 0.227. The third-order valence-corrected chi connectivity index (χ3v) is 8.05. The van der Waals surface area contributed by atoms with Crippen LogP contribution in [0, 0.1) is 6.92 Å². The molecule has 0 spiro atoms. The Labute approximate surface area is 201 Å². The van der Waals surface area contributed by atoms with Crippen molar-refractivity contribution >= 4 is 49.8 Å². The maximum absolute atomic E-state index is 13.6. The van der Waals surface area contributed by atoms with Crippen molar-refractivity contribution in [2.24, 2.45) is 0 Å². The Bertz CT molecular complexity index is 1210. The number of aromatic nitrogens is 2. The molecule has 0 atom stereocenters. The van der Waals surface area contributed by atoms with Crippen LogP contribution in [-0.2, 0) is 14.8 Å². The first kappa shape index (κ1) is 24.7. The van der Waals surface area contributed by atoms with E-state index in [9.17, 15) is 13.2 Å². The molecule has 0 radical (unpaired) electrons. The number of anilines is 2. The number of rotatable bonds is 11. The molecule has 0 aliphatic heterocycles. The molecular weight excluding hydrogens is 480 g/mol. The summed E-state index contributed by atoms with van der Waals surface area (Å²) in [6.45, 7) is 7.22. The zero-order valence-electron chi connectivity index (χ0n) is 18.2. The molecule has 1 aromatic heterocycles. The van der Waals surface area contributed by atoms with Gasteiger partial charge in [-0.05, 0) is 38.1 Å². The fourth-order valence-corrected chi connectivity index (χ4v) is 5.78. The molecule has 174 valence electrons. The number of para-hydroxylation sites is 2. The second kappa shape index (κ2) is 11.3. The van der Waals surface area contributed by atoms with E-state index < -0.39 is 22.5 Å². The highest BCUT2D eigenvalue weighted by atomic mass is 32.2. The van der Waals surface area contributed by atoms with Crippen LogP contribution >= 0.6 is 23.1 Å². The SMILES string of the molecule is C=CCSc1nnc(NC(=O)CN(c2ccccc2OCC)S(=O)(=O)c2ccc(C)cc2)s1. The van der Waals surface area contributed by atoms with Gasteiger partial charge in [-0.1, -0.05) is 59.0 Å². The number of thioether (sulfide) groups is 1. The van der Waals surface area contributed by atoms with Crippen LogP contribution in [0.2, 0.25) is 0 Å². The summed E-state index contributed by atoms with van der Waals surface area (Å²) in [5, 5.41) is 10.9. The summed E-state index contributed by atoms with van der Waals surface area (Å²) in [6.07, 6.45) is 1.74. The number of ether oxygens (including phenoxy) is 1. The van der Waals surface area contributed by atoms with E-state index in [4.69, 9.17) is 4.74 Å². The first-order valence-electron chi connectivity index (χ1n) is 10.0. The summed E-state index contributed by atoms with van der Waals surface area (Å²) < 4.78 is 34.5. The van der Waals surface area contributed by atoms with Gasteiger partial charge in [0.2, 0.25) is 11.0 Å². The predicted molar refractivity (Wildman–Crippen MR) is 133 cm³/mol. The molecule has 8 nitrogen and oxygen atoms in total. The van der Waals surface area contributed by atoms with Crippen LogP contribution in [0.1, 0.15) is 12.5 Å². The third-order valence-electron chi connectivity index (χ3n) is 4.31. The summed E-state index contributed by atoms with van der Waals surface area (Å²) in [5.41, 5.74) is 1.20. The lowest BCUT2D eigenvalue weighted by atomic mass is 10.2. The van der Waals surface area contributed by atoms with E-state index in [1.54, 1.807) is 49.4 Å². The van der Waals surface area contributed by atoms with Gasteiger partial charge in [-0.15, -0.1) is 16.8 Å². The zero-order chi connectivity index (χ0) is 23.8. The molecule has 11 heteroatoms. The second-order valence-electron chi connectivity index (χ2n) is 6.75. The summed E-state index contributed by atoms with van der Waals surface area (Å²) in [5.74, 6) is 0.482. The van der Waals surface area contributed by atoms with Gasteiger partial charge in [-0.25, -0.2) is 8.42 Å². The van der Waals surface area contributed by atoms with Crippen molar-refractivity contribution in [3.05, 3.63) is 66.7 Å². The third kappa shape index (κ3) is 6.34. The quantitative estimate of drug-likeness (QED) is 0.235. The molecule has 0 fully saturated rings. The van der Waals surface area contributed by atoms with Gasteiger partial charge in [0.15, 0.2) is 4.34 Å². The van der Waals surface area contributed by atoms with Gasteiger partial charge in [0, 0.05) is 5.75 Å². The van der Waals surface area contributed by atoms with Gasteiger partial charge in [0.25, 0.3) is 10.0 Å². The van der Waals surface area contributed by atoms with Gasteiger partial charge in [-0.2, -0.15) is 0 Å². The average Bonchev–Trinajstić information content (AvgIpc) is 3.24. The molecule has 0 saturated heterocycles. The maximum atomic E-state index is 13.6. The van der Waals surface area contributed by atoms with Crippen LogP contribution in [0.5, 0.6) is 5.75 Å². The molecule has 0 bridgehead atoms. The van der Waals surface area contributed by atoms with E-state index in [1.165, 1.54) is 35.2 Å². The minimum absolute atomic E-state index is 0.0752. The minimum atomic E-state index is -4.06. The zero-order valence-corrected chi connectivity index (χ0v) is 20.7. The summed E-state index contributed by atoms with van der Waals surface area (Å²) >= 11 is 2.65. The number of nitrogens with one attached hydrogen (secondary N) is 1. The van der Waals surface area contributed by atoms with E-state index in [-0.39, 0.29) is 15.7 Å². The molecule has 3 aromatic rings. The van der Waals surface area contributed by atoms with Gasteiger partial charge in [0.1, 0.15) is 12.3 Å². The Hall–Kier alpha value is -2.89. The molecular formula is C22H24N4O4S3. The van der Waals surface area contributed by atoms with Crippen molar-refractivity contribution in [2.75, 3.05) is 28.5 Å². The van der Waals surface area contributed by atoms with Gasteiger partial charge in [-0.3, -0.25) is 14.4 Å². The van der Waals surface area contributed by atoms with E-state index in [1.807, 2.05) is 6.92 Å². The summed E-state index contributed by atoms with van der Waals surface area (Å²) in [6, 6.07) is 13.2. The molecule has 0 saturated carbocycles. The Morgan fingerprint density at radius 3 is 2.64 bits per heavy atom. The number of nitrogens with zero attached hydrogens (tertiary/aromatic N) is 3. The van der Waals surface area contributed by atoms with Crippen LogP contribution in [-0.4, -0.2) is 43.4 Å². The van der Waals surface area contributed by atoms with E-state index in [0.717, 1.165) is 9.87 Å². The number of sulfonamides is 1. The van der Waals surface area contributed by atoms with Crippen LogP contribution in [0.4, 0.5) is 10.8 Å². The minimum Gasteiger partial charge on any atom is -0.492 e. The second-order valence-corrected chi connectivity index (χ2v) is 10.9.